The smallest absolute Gasteiger partial charge is 0.211 e. The van der Waals surface area contributed by atoms with E-state index in [0.29, 0.717) is 16.9 Å². The Hall–Kier alpha value is -4.36. The lowest BCUT2D eigenvalue weighted by atomic mass is 9.89. The second kappa shape index (κ2) is 8.76. The van der Waals surface area contributed by atoms with Gasteiger partial charge in [0, 0.05) is 16.7 Å². The quantitative estimate of drug-likeness (QED) is 0.285. The summed E-state index contributed by atoms with van der Waals surface area (Å²) in [5.41, 5.74) is 5.48. The Morgan fingerprint density at radius 2 is 0.867 bits per heavy atom. The number of isocyanates is 2. The molecule has 0 amide bonds. The van der Waals surface area contributed by atoms with E-state index in [4.69, 9.17) is 0 Å². The summed E-state index contributed by atoms with van der Waals surface area (Å²) in [4.78, 5) is 30.8. The molecule has 0 aliphatic rings. The Kier molecular flexibility index (Phi) is 5.54. The minimum absolute atomic E-state index is 0.413. The van der Waals surface area contributed by atoms with Crippen molar-refractivity contribution in [2.45, 2.75) is 0 Å². The fraction of sp³-hybridized carbons (Fsp3) is 0. The maximum absolute atomic E-state index is 11.4. The van der Waals surface area contributed by atoms with Crippen LogP contribution in [0.2, 0.25) is 0 Å². The number of benzene rings is 4. The van der Waals surface area contributed by atoms with Gasteiger partial charge < -0.3 is 0 Å². The summed E-state index contributed by atoms with van der Waals surface area (Å²) >= 11 is 0. The molecule has 4 aromatic rings. The number of carbonyl (C=O) groups excluding carboxylic acids is 2. The molecule has 30 heavy (non-hydrogen) atoms. The first-order chi connectivity index (χ1) is 14.8. The van der Waals surface area contributed by atoms with Crippen LogP contribution in [-0.2, 0) is 9.59 Å². The molecule has 0 saturated heterocycles. The zero-order valence-electron chi connectivity index (χ0n) is 15.9. The van der Waals surface area contributed by atoms with Gasteiger partial charge in [-0.3, -0.25) is 0 Å². The molecule has 4 rings (SSSR count). The summed E-state index contributed by atoms with van der Waals surface area (Å²) in [6, 6.07) is 30.7. The molecule has 142 valence electrons. The maximum atomic E-state index is 11.4. The van der Waals surface area contributed by atoms with Crippen molar-refractivity contribution in [1.82, 2.24) is 0 Å². The Bertz CT molecular complexity index is 1190. The summed E-state index contributed by atoms with van der Waals surface area (Å²) in [5, 5.41) is 0. The number of aliphatic imine (C=N–C) groups is 2. The number of hydrogen-bond acceptors (Lipinski definition) is 4. The average Bonchev–Trinajstić information content (AvgIpc) is 2.81. The number of nitrogens with zero attached hydrogens (tertiary/aromatic N) is 2. The lowest BCUT2D eigenvalue weighted by Crippen LogP contribution is -1.90. The Labute approximate surface area is 173 Å². The third-order valence-electron chi connectivity index (χ3n) is 4.82. The second-order valence-corrected chi connectivity index (χ2v) is 6.55. The van der Waals surface area contributed by atoms with Crippen LogP contribution >= 0.6 is 0 Å². The predicted octanol–water partition coefficient (Wildman–Crippen LogP) is 6.62. The van der Waals surface area contributed by atoms with E-state index in [1.54, 1.807) is 12.2 Å². The topological polar surface area (TPSA) is 58.9 Å². The maximum Gasteiger partial charge on any atom is 0.240 e. The lowest BCUT2D eigenvalue weighted by molar-refractivity contribution is 0.565. The highest BCUT2D eigenvalue weighted by Gasteiger charge is 2.21. The minimum atomic E-state index is 0.413. The molecule has 0 N–H and O–H groups in total. The highest BCUT2D eigenvalue weighted by Crippen LogP contribution is 2.49. The van der Waals surface area contributed by atoms with Gasteiger partial charge >= 0.3 is 0 Å². The van der Waals surface area contributed by atoms with E-state index in [-0.39, 0.29) is 0 Å². The molecular formula is C26H16N2O2. The van der Waals surface area contributed by atoms with E-state index in [1.807, 2.05) is 97.1 Å². The number of rotatable bonds is 5. The monoisotopic (exact) mass is 388 g/mol. The van der Waals surface area contributed by atoms with Crippen LogP contribution in [-0.4, -0.2) is 12.2 Å². The molecule has 0 saturated carbocycles. The summed E-state index contributed by atoms with van der Waals surface area (Å²) < 4.78 is 0. The molecule has 0 atom stereocenters. The van der Waals surface area contributed by atoms with Crippen LogP contribution in [0.5, 0.6) is 0 Å². The molecule has 0 aliphatic heterocycles. The van der Waals surface area contributed by atoms with Gasteiger partial charge in [-0.25, -0.2) is 9.59 Å². The largest absolute Gasteiger partial charge is 0.240 e. The fourth-order valence-corrected chi connectivity index (χ4v) is 3.54. The third kappa shape index (κ3) is 3.65. The van der Waals surface area contributed by atoms with Crippen molar-refractivity contribution >= 4 is 23.5 Å². The van der Waals surface area contributed by atoms with Crippen LogP contribution < -0.4 is 0 Å². The van der Waals surface area contributed by atoms with Gasteiger partial charge in [-0.2, -0.15) is 9.98 Å². The normalized spacial score (nSPS) is 10.0. The van der Waals surface area contributed by atoms with Crippen LogP contribution in [0.15, 0.2) is 107 Å². The molecule has 0 aromatic heterocycles. The van der Waals surface area contributed by atoms with E-state index in [2.05, 4.69) is 9.98 Å². The van der Waals surface area contributed by atoms with Crippen molar-refractivity contribution in [2.75, 3.05) is 0 Å². The Morgan fingerprint density at radius 1 is 0.500 bits per heavy atom. The fourth-order valence-electron chi connectivity index (χ4n) is 3.54. The Balaban J connectivity index is 2.20. The van der Waals surface area contributed by atoms with Gasteiger partial charge in [0.15, 0.2) is 0 Å². The molecule has 4 nitrogen and oxygen atoms in total. The van der Waals surface area contributed by atoms with Gasteiger partial charge in [0.25, 0.3) is 0 Å². The Morgan fingerprint density at radius 3 is 1.23 bits per heavy atom. The molecule has 0 unspecified atom stereocenters. The van der Waals surface area contributed by atoms with Crippen molar-refractivity contribution in [2.24, 2.45) is 9.98 Å². The lowest BCUT2D eigenvalue weighted by Gasteiger charge is -2.17. The molecular weight excluding hydrogens is 372 g/mol. The minimum Gasteiger partial charge on any atom is -0.211 e. The first-order valence-electron chi connectivity index (χ1n) is 9.36. The van der Waals surface area contributed by atoms with E-state index >= 15 is 0 Å². The van der Waals surface area contributed by atoms with E-state index in [1.165, 1.54) is 0 Å². The average molecular weight is 388 g/mol. The standard InChI is InChI=1S/C26H16N2O2/c29-17-27-25-22(19-10-4-1-5-11-19)16-23(20-12-6-2-7-13-20)26(28-18-30)24(25)21-14-8-3-9-15-21/h1-16H. The van der Waals surface area contributed by atoms with E-state index in [0.717, 1.165) is 27.8 Å². The predicted molar refractivity (Wildman–Crippen MR) is 118 cm³/mol. The van der Waals surface area contributed by atoms with Gasteiger partial charge in [-0.05, 0) is 22.8 Å². The van der Waals surface area contributed by atoms with Gasteiger partial charge in [-0.1, -0.05) is 91.0 Å². The van der Waals surface area contributed by atoms with Crippen molar-refractivity contribution in [3.63, 3.8) is 0 Å². The first-order valence-corrected chi connectivity index (χ1v) is 9.36. The molecule has 0 spiro atoms. The highest BCUT2D eigenvalue weighted by atomic mass is 16.1. The van der Waals surface area contributed by atoms with Crippen molar-refractivity contribution in [3.8, 4) is 33.4 Å². The molecule has 4 aromatic carbocycles. The molecule has 0 heterocycles. The number of hydrogen-bond donors (Lipinski definition) is 0. The van der Waals surface area contributed by atoms with Gasteiger partial charge in [0.2, 0.25) is 12.2 Å². The van der Waals surface area contributed by atoms with Crippen molar-refractivity contribution in [1.29, 1.82) is 0 Å². The molecule has 0 aliphatic carbocycles. The van der Waals surface area contributed by atoms with Crippen molar-refractivity contribution in [3.05, 3.63) is 97.1 Å². The molecule has 0 bridgehead atoms. The van der Waals surface area contributed by atoms with Crippen molar-refractivity contribution < 1.29 is 9.59 Å². The summed E-state index contributed by atoms with van der Waals surface area (Å²) in [6.45, 7) is 0. The summed E-state index contributed by atoms with van der Waals surface area (Å²) in [7, 11) is 0. The van der Waals surface area contributed by atoms with E-state index in [9.17, 15) is 9.59 Å². The summed E-state index contributed by atoms with van der Waals surface area (Å²) in [6.07, 6.45) is 3.34. The van der Waals surface area contributed by atoms with Gasteiger partial charge in [0.05, 0.1) is 11.4 Å². The first kappa shape index (κ1) is 19.0. The molecule has 0 radical (unpaired) electrons. The van der Waals surface area contributed by atoms with Crippen LogP contribution in [0.25, 0.3) is 33.4 Å². The zero-order chi connectivity index (χ0) is 20.8. The van der Waals surface area contributed by atoms with Crippen LogP contribution in [0, 0.1) is 0 Å². The zero-order valence-corrected chi connectivity index (χ0v) is 15.9. The second-order valence-electron chi connectivity index (χ2n) is 6.55. The van der Waals surface area contributed by atoms with Gasteiger partial charge in [0.1, 0.15) is 0 Å². The molecule has 4 heteroatoms. The van der Waals surface area contributed by atoms with Crippen LogP contribution in [0.3, 0.4) is 0 Å². The van der Waals surface area contributed by atoms with E-state index < -0.39 is 0 Å². The molecule has 0 fully saturated rings. The highest BCUT2D eigenvalue weighted by molar-refractivity contribution is 6.02. The SMILES string of the molecule is O=C=Nc1c(-c2ccccc2)cc(-c2ccccc2)c(N=C=O)c1-c1ccccc1. The van der Waals surface area contributed by atoms with Crippen LogP contribution in [0.4, 0.5) is 11.4 Å². The van der Waals surface area contributed by atoms with Gasteiger partial charge in [-0.15, -0.1) is 0 Å². The third-order valence-corrected chi connectivity index (χ3v) is 4.82. The van der Waals surface area contributed by atoms with Crippen LogP contribution in [0.1, 0.15) is 0 Å². The summed E-state index contributed by atoms with van der Waals surface area (Å²) in [5.74, 6) is 0.